The smallest absolute Gasteiger partial charge is 0.0656 e. The number of rotatable bonds is 1. The molecule has 2 unspecified atom stereocenters. The molecule has 3 heteroatoms. The van der Waals surface area contributed by atoms with Gasteiger partial charge in [0.15, 0.2) is 0 Å². The zero-order valence-corrected chi connectivity index (χ0v) is 10.9. The van der Waals surface area contributed by atoms with E-state index >= 15 is 0 Å². The number of hydrogen-bond acceptors (Lipinski definition) is 2. The van der Waals surface area contributed by atoms with Crippen molar-refractivity contribution in [2.75, 3.05) is 17.2 Å². The molecule has 16 heavy (non-hydrogen) atoms. The average Bonchev–Trinajstić information content (AvgIpc) is 2.51. The fourth-order valence-corrected chi connectivity index (χ4v) is 2.80. The van der Waals surface area contributed by atoms with E-state index in [0.717, 1.165) is 12.5 Å². The number of halogens is 1. The second-order valence-electron chi connectivity index (χ2n) is 5.00. The van der Waals surface area contributed by atoms with Crippen molar-refractivity contribution in [3.05, 3.63) is 22.7 Å². The predicted molar refractivity (Wildman–Crippen MR) is 71.2 cm³/mol. The molecule has 1 aromatic rings. The SMILES string of the molecule is Cc1cc(N)c(Cl)cc1N1CC(C)CC1C. The Kier molecular flexibility index (Phi) is 3.02. The second kappa shape index (κ2) is 4.17. The molecule has 2 rings (SSSR count). The summed E-state index contributed by atoms with van der Waals surface area (Å²) < 4.78 is 0. The summed E-state index contributed by atoms with van der Waals surface area (Å²) in [6.45, 7) is 7.78. The first-order valence-electron chi connectivity index (χ1n) is 5.81. The van der Waals surface area contributed by atoms with Crippen LogP contribution in [0.2, 0.25) is 5.02 Å². The summed E-state index contributed by atoms with van der Waals surface area (Å²) in [5.74, 6) is 0.755. The third kappa shape index (κ3) is 1.99. The summed E-state index contributed by atoms with van der Waals surface area (Å²) in [5, 5.41) is 0.660. The van der Waals surface area contributed by atoms with Crippen LogP contribution >= 0.6 is 11.6 Å². The van der Waals surface area contributed by atoms with Crippen LogP contribution in [-0.4, -0.2) is 12.6 Å². The van der Waals surface area contributed by atoms with Crippen LogP contribution in [0.5, 0.6) is 0 Å². The van der Waals surface area contributed by atoms with Crippen molar-refractivity contribution in [3.63, 3.8) is 0 Å². The van der Waals surface area contributed by atoms with Gasteiger partial charge in [-0.15, -0.1) is 0 Å². The monoisotopic (exact) mass is 238 g/mol. The van der Waals surface area contributed by atoms with Gasteiger partial charge in [0.2, 0.25) is 0 Å². The Labute approximate surface area is 102 Å². The molecule has 2 N–H and O–H groups in total. The summed E-state index contributed by atoms with van der Waals surface area (Å²) in [5.41, 5.74) is 8.91. The molecule has 1 fully saturated rings. The maximum atomic E-state index is 6.10. The van der Waals surface area contributed by atoms with E-state index in [1.807, 2.05) is 12.1 Å². The molecule has 1 heterocycles. The topological polar surface area (TPSA) is 29.3 Å². The van der Waals surface area contributed by atoms with Crippen molar-refractivity contribution in [3.8, 4) is 0 Å². The Balaban J connectivity index is 2.37. The molecule has 0 aromatic heterocycles. The molecule has 1 saturated heterocycles. The van der Waals surface area contributed by atoms with Crippen molar-refractivity contribution in [1.29, 1.82) is 0 Å². The molecule has 0 bridgehead atoms. The Bertz CT molecular complexity index is 403. The normalized spacial score (nSPS) is 25.1. The van der Waals surface area contributed by atoms with Crippen molar-refractivity contribution in [1.82, 2.24) is 0 Å². The molecular weight excluding hydrogens is 220 g/mol. The second-order valence-corrected chi connectivity index (χ2v) is 5.41. The molecule has 0 aliphatic carbocycles. The molecule has 88 valence electrons. The lowest BCUT2D eigenvalue weighted by molar-refractivity contribution is 0.625. The van der Waals surface area contributed by atoms with E-state index in [1.165, 1.54) is 17.7 Å². The first-order valence-corrected chi connectivity index (χ1v) is 6.19. The van der Waals surface area contributed by atoms with Crippen LogP contribution in [0, 0.1) is 12.8 Å². The van der Waals surface area contributed by atoms with E-state index in [4.69, 9.17) is 17.3 Å². The number of hydrogen-bond donors (Lipinski definition) is 1. The van der Waals surface area contributed by atoms with Crippen molar-refractivity contribution >= 4 is 23.0 Å². The number of benzene rings is 1. The lowest BCUT2D eigenvalue weighted by Crippen LogP contribution is -2.27. The van der Waals surface area contributed by atoms with Crippen molar-refractivity contribution in [2.45, 2.75) is 33.2 Å². The van der Waals surface area contributed by atoms with E-state index in [2.05, 4.69) is 25.7 Å². The first kappa shape index (κ1) is 11.6. The Morgan fingerprint density at radius 2 is 2.06 bits per heavy atom. The maximum absolute atomic E-state index is 6.10. The van der Waals surface area contributed by atoms with Crippen LogP contribution in [0.1, 0.15) is 25.8 Å². The van der Waals surface area contributed by atoms with Gasteiger partial charge in [0.25, 0.3) is 0 Å². The lowest BCUT2D eigenvalue weighted by Gasteiger charge is -2.26. The Morgan fingerprint density at radius 1 is 1.38 bits per heavy atom. The van der Waals surface area contributed by atoms with E-state index < -0.39 is 0 Å². The molecule has 1 aromatic carbocycles. The summed E-state index contributed by atoms with van der Waals surface area (Å²) in [4.78, 5) is 2.44. The van der Waals surface area contributed by atoms with Gasteiger partial charge in [-0.1, -0.05) is 18.5 Å². The Hall–Kier alpha value is -0.890. The van der Waals surface area contributed by atoms with Gasteiger partial charge in [0.05, 0.1) is 10.7 Å². The molecule has 1 aliphatic rings. The molecule has 2 atom stereocenters. The van der Waals surface area contributed by atoms with Gasteiger partial charge in [-0.2, -0.15) is 0 Å². The molecule has 2 nitrogen and oxygen atoms in total. The van der Waals surface area contributed by atoms with E-state index in [-0.39, 0.29) is 0 Å². The minimum atomic E-state index is 0.591. The molecule has 0 amide bonds. The summed E-state index contributed by atoms with van der Waals surface area (Å²) in [6, 6.07) is 4.56. The number of nitrogens with two attached hydrogens (primary N) is 1. The predicted octanol–water partition coefficient (Wildman–Crippen LogP) is 3.47. The van der Waals surface area contributed by atoms with E-state index in [1.54, 1.807) is 0 Å². The highest BCUT2D eigenvalue weighted by atomic mass is 35.5. The molecule has 0 radical (unpaired) electrons. The van der Waals surface area contributed by atoms with E-state index in [9.17, 15) is 0 Å². The van der Waals surface area contributed by atoms with Crippen LogP contribution in [0.15, 0.2) is 12.1 Å². The fraction of sp³-hybridized carbons (Fsp3) is 0.538. The van der Waals surface area contributed by atoms with Crippen LogP contribution < -0.4 is 10.6 Å². The van der Waals surface area contributed by atoms with Gasteiger partial charge in [-0.05, 0) is 43.9 Å². The zero-order valence-electron chi connectivity index (χ0n) is 10.1. The maximum Gasteiger partial charge on any atom is 0.0656 e. The van der Waals surface area contributed by atoms with Gasteiger partial charge in [0, 0.05) is 18.3 Å². The van der Waals surface area contributed by atoms with Crippen molar-refractivity contribution in [2.24, 2.45) is 5.92 Å². The van der Waals surface area contributed by atoms with Crippen LogP contribution in [-0.2, 0) is 0 Å². The van der Waals surface area contributed by atoms with Crippen LogP contribution in [0.4, 0.5) is 11.4 Å². The van der Waals surface area contributed by atoms with Gasteiger partial charge in [-0.25, -0.2) is 0 Å². The zero-order chi connectivity index (χ0) is 11.9. The molecule has 0 spiro atoms. The Morgan fingerprint density at radius 3 is 2.62 bits per heavy atom. The number of nitrogen functional groups attached to an aromatic ring is 1. The first-order chi connectivity index (χ1) is 7.49. The van der Waals surface area contributed by atoms with E-state index in [0.29, 0.717) is 16.8 Å². The standard InChI is InChI=1S/C13H19ClN2/c1-8-4-10(3)16(7-8)13-6-11(14)12(15)5-9(13)2/h5-6,8,10H,4,7,15H2,1-3H3. The molecule has 0 saturated carbocycles. The summed E-state index contributed by atoms with van der Waals surface area (Å²) in [7, 11) is 0. The quantitative estimate of drug-likeness (QED) is 0.760. The molecular formula is C13H19ClN2. The summed E-state index contributed by atoms with van der Waals surface area (Å²) in [6.07, 6.45) is 1.25. The van der Waals surface area contributed by atoms with Gasteiger partial charge in [-0.3, -0.25) is 0 Å². The van der Waals surface area contributed by atoms with Gasteiger partial charge < -0.3 is 10.6 Å². The average molecular weight is 239 g/mol. The minimum Gasteiger partial charge on any atom is -0.398 e. The number of aryl methyl sites for hydroxylation is 1. The third-order valence-corrected chi connectivity index (χ3v) is 3.74. The van der Waals surface area contributed by atoms with Crippen molar-refractivity contribution < 1.29 is 0 Å². The number of anilines is 2. The van der Waals surface area contributed by atoms with Gasteiger partial charge in [0.1, 0.15) is 0 Å². The minimum absolute atomic E-state index is 0.591. The highest BCUT2D eigenvalue weighted by Gasteiger charge is 2.27. The fourth-order valence-electron chi connectivity index (χ4n) is 2.64. The largest absolute Gasteiger partial charge is 0.398 e. The number of nitrogens with zero attached hydrogens (tertiary/aromatic N) is 1. The highest BCUT2D eigenvalue weighted by molar-refractivity contribution is 6.33. The van der Waals surface area contributed by atoms with Gasteiger partial charge >= 0.3 is 0 Å². The highest BCUT2D eigenvalue weighted by Crippen LogP contribution is 2.34. The van der Waals surface area contributed by atoms with Crippen LogP contribution in [0.3, 0.4) is 0 Å². The van der Waals surface area contributed by atoms with Crippen LogP contribution in [0.25, 0.3) is 0 Å². The lowest BCUT2D eigenvalue weighted by atomic mass is 10.1. The molecule has 1 aliphatic heterocycles. The summed E-state index contributed by atoms with van der Waals surface area (Å²) >= 11 is 6.10. The third-order valence-electron chi connectivity index (χ3n) is 3.41.